The minimum Gasteiger partial charge on any atom is -0.487 e. The Kier molecular flexibility index (Phi) is 4.01. The van der Waals surface area contributed by atoms with E-state index in [9.17, 15) is 0 Å². The number of piperazine rings is 1. The molecule has 6 heteroatoms. The Morgan fingerprint density at radius 1 is 1.26 bits per heavy atom. The Morgan fingerprint density at radius 3 is 3.00 bits per heavy atom. The second kappa shape index (κ2) is 6.29. The molecule has 0 saturated carbocycles. The van der Waals surface area contributed by atoms with E-state index in [4.69, 9.17) is 4.74 Å². The SMILES string of the molecule is Cn1cc(CN2CCN3C[C@H](Oc4cccnc4)C[C@H]3C2)cn1. The zero-order valence-electron chi connectivity index (χ0n) is 13.5. The first kappa shape index (κ1) is 14.7. The van der Waals surface area contributed by atoms with Gasteiger partial charge in [-0.3, -0.25) is 19.5 Å². The molecule has 4 rings (SSSR count). The van der Waals surface area contributed by atoms with Gasteiger partial charge in [0.2, 0.25) is 0 Å². The average Bonchev–Trinajstić information content (AvgIpc) is 3.13. The fourth-order valence-corrected chi connectivity index (χ4v) is 3.71. The van der Waals surface area contributed by atoms with Gasteiger partial charge in [0, 0.05) is 70.2 Å². The summed E-state index contributed by atoms with van der Waals surface area (Å²) in [6, 6.07) is 4.51. The van der Waals surface area contributed by atoms with E-state index in [1.54, 1.807) is 12.4 Å². The minimum absolute atomic E-state index is 0.280. The van der Waals surface area contributed by atoms with E-state index >= 15 is 0 Å². The molecule has 0 aliphatic carbocycles. The van der Waals surface area contributed by atoms with E-state index in [0.717, 1.165) is 44.9 Å². The van der Waals surface area contributed by atoms with Crippen molar-refractivity contribution in [3.63, 3.8) is 0 Å². The average molecular weight is 313 g/mol. The number of hydrogen-bond acceptors (Lipinski definition) is 5. The molecule has 4 heterocycles. The summed E-state index contributed by atoms with van der Waals surface area (Å²) >= 11 is 0. The van der Waals surface area contributed by atoms with E-state index < -0.39 is 0 Å². The highest BCUT2D eigenvalue weighted by molar-refractivity contribution is 5.16. The third kappa shape index (κ3) is 3.38. The van der Waals surface area contributed by atoms with Crippen molar-refractivity contribution in [1.29, 1.82) is 0 Å². The van der Waals surface area contributed by atoms with Crippen LogP contribution in [0.3, 0.4) is 0 Å². The molecule has 2 saturated heterocycles. The largest absolute Gasteiger partial charge is 0.487 e. The molecular formula is C17H23N5O. The van der Waals surface area contributed by atoms with E-state index in [-0.39, 0.29) is 6.10 Å². The number of rotatable bonds is 4. The Bertz CT molecular complexity index is 643. The highest BCUT2D eigenvalue weighted by Gasteiger charge is 2.37. The fraction of sp³-hybridized carbons (Fsp3) is 0.529. The molecular weight excluding hydrogens is 290 g/mol. The summed E-state index contributed by atoms with van der Waals surface area (Å²) in [7, 11) is 1.97. The van der Waals surface area contributed by atoms with Crippen molar-refractivity contribution >= 4 is 0 Å². The lowest BCUT2D eigenvalue weighted by atomic mass is 10.1. The van der Waals surface area contributed by atoms with Gasteiger partial charge in [-0.2, -0.15) is 5.10 Å². The summed E-state index contributed by atoms with van der Waals surface area (Å²) in [4.78, 5) is 9.23. The van der Waals surface area contributed by atoms with Crippen molar-refractivity contribution in [2.45, 2.75) is 25.1 Å². The van der Waals surface area contributed by atoms with Crippen molar-refractivity contribution in [1.82, 2.24) is 24.6 Å². The molecule has 0 amide bonds. The predicted octanol–water partition coefficient (Wildman–Crippen LogP) is 1.15. The molecule has 2 aromatic rings. The molecule has 122 valence electrons. The molecule has 0 spiro atoms. The van der Waals surface area contributed by atoms with E-state index in [1.165, 1.54) is 5.56 Å². The molecule has 0 radical (unpaired) electrons. The topological polar surface area (TPSA) is 46.4 Å². The maximum Gasteiger partial charge on any atom is 0.138 e. The summed E-state index contributed by atoms with van der Waals surface area (Å²) in [5, 5.41) is 4.26. The fourth-order valence-electron chi connectivity index (χ4n) is 3.71. The van der Waals surface area contributed by atoms with Crippen LogP contribution in [0.15, 0.2) is 36.9 Å². The molecule has 0 unspecified atom stereocenters. The van der Waals surface area contributed by atoms with Crippen LogP contribution in [0.4, 0.5) is 0 Å². The summed E-state index contributed by atoms with van der Waals surface area (Å²) in [6.07, 6.45) is 9.03. The van der Waals surface area contributed by atoms with Crippen LogP contribution in [0.1, 0.15) is 12.0 Å². The Labute approximate surface area is 136 Å². The lowest BCUT2D eigenvalue weighted by Gasteiger charge is -2.36. The molecule has 6 nitrogen and oxygen atoms in total. The number of fused-ring (bicyclic) bond motifs is 1. The van der Waals surface area contributed by atoms with Crippen molar-refractivity contribution in [2.24, 2.45) is 7.05 Å². The molecule has 2 aliphatic heterocycles. The van der Waals surface area contributed by atoms with Gasteiger partial charge in [0.15, 0.2) is 0 Å². The Hall–Kier alpha value is -1.92. The predicted molar refractivity (Wildman–Crippen MR) is 87.1 cm³/mol. The zero-order valence-corrected chi connectivity index (χ0v) is 13.5. The van der Waals surface area contributed by atoms with Gasteiger partial charge in [-0.25, -0.2) is 0 Å². The lowest BCUT2D eigenvalue weighted by Crippen LogP contribution is -2.49. The second-order valence-electron chi connectivity index (χ2n) is 6.57. The number of pyridine rings is 1. The van der Waals surface area contributed by atoms with Gasteiger partial charge in [-0.15, -0.1) is 0 Å². The highest BCUT2D eigenvalue weighted by Crippen LogP contribution is 2.26. The van der Waals surface area contributed by atoms with Crippen LogP contribution in [0.25, 0.3) is 0 Å². The molecule has 0 bridgehead atoms. The van der Waals surface area contributed by atoms with E-state index in [2.05, 4.69) is 26.1 Å². The van der Waals surface area contributed by atoms with Gasteiger partial charge in [-0.1, -0.05) is 0 Å². The quantitative estimate of drug-likeness (QED) is 0.847. The van der Waals surface area contributed by atoms with Gasteiger partial charge in [0.05, 0.1) is 12.4 Å². The maximum absolute atomic E-state index is 6.09. The summed E-state index contributed by atoms with van der Waals surface area (Å²) in [5.74, 6) is 0.879. The van der Waals surface area contributed by atoms with Gasteiger partial charge in [0.25, 0.3) is 0 Å². The Balaban J connectivity index is 1.33. The normalized spacial score (nSPS) is 25.4. The van der Waals surface area contributed by atoms with E-state index in [0.29, 0.717) is 6.04 Å². The minimum atomic E-state index is 0.280. The number of hydrogen-bond donors (Lipinski definition) is 0. The summed E-state index contributed by atoms with van der Waals surface area (Å²) in [5.41, 5.74) is 1.29. The third-order valence-electron chi connectivity index (χ3n) is 4.76. The van der Waals surface area contributed by atoms with Crippen LogP contribution in [0.2, 0.25) is 0 Å². The van der Waals surface area contributed by atoms with Gasteiger partial charge < -0.3 is 4.74 Å². The van der Waals surface area contributed by atoms with Crippen LogP contribution in [-0.2, 0) is 13.6 Å². The number of aryl methyl sites for hydroxylation is 1. The molecule has 2 aliphatic rings. The molecule has 2 fully saturated rings. The first-order valence-electron chi connectivity index (χ1n) is 8.27. The standard InChI is InChI=1S/C17H23N5O/c1-20-10-14(8-19-20)11-21-5-6-22-13-17(7-15(22)12-21)23-16-3-2-4-18-9-16/h2-4,8-10,15,17H,5-7,11-13H2,1H3/t15-,17+/m0/s1. The van der Waals surface area contributed by atoms with E-state index in [1.807, 2.05) is 30.1 Å². The van der Waals surface area contributed by atoms with Crippen LogP contribution in [-0.4, -0.2) is 62.9 Å². The summed E-state index contributed by atoms with van der Waals surface area (Å²) < 4.78 is 7.96. The number of aromatic nitrogens is 3. The summed E-state index contributed by atoms with van der Waals surface area (Å²) in [6.45, 7) is 5.37. The highest BCUT2D eigenvalue weighted by atomic mass is 16.5. The first-order chi connectivity index (χ1) is 11.3. The van der Waals surface area contributed by atoms with Crippen LogP contribution in [0, 0.1) is 0 Å². The molecule has 2 atom stereocenters. The Morgan fingerprint density at radius 2 is 2.22 bits per heavy atom. The van der Waals surface area contributed by atoms with Gasteiger partial charge in [0.1, 0.15) is 11.9 Å². The van der Waals surface area contributed by atoms with Gasteiger partial charge >= 0.3 is 0 Å². The van der Waals surface area contributed by atoms with Crippen LogP contribution < -0.4 is 4.74 Å². The van der Waals surface area contributed by atoms with Gasteiger partial charge in [-0.05, 0) is 12.1 Å². The smallest absolute Gasteiger partial charge is 0.138 e. The third-order valence-corrected chi connectivity index (χ3v) is 4.76. The van der Waals surface area contributed by atoms with Crippen LogP contribution >= 0.6 is 0 Å². The molecule has 2 aromatic heterocycles. The molecule has 23 heavy (non-hydrogen) atoms. The van der Waals surface area contributed by atoms with Crippen molar-refractivity contribution in [3.8, 4) is 5.75 Å². The molecule has 0 aromatic carbocycles. The van der Waals surface area contributed by atoms with Crippen molar-refractivity contribution in [2.75, 3.05) is 26.2 Å². The van der Waals surface area contributed by atoms with Crippen molar-refractivity contribution < 1.29 is 4.74 Å². The molecule has 0 N–H and O–H groups in total. The lowest BCUT2D eigenvalue weighted by molar-refractivity contribution is 0.0978. The second-order valence-corrected chi connectivity index (χ2v) is 6.57. The number of nitrogens with zero attached hydrogens (tertiary/aromatic N) is 5. The number of ether oxygens (including phenoxy) is 1. The monoisotopic (exact) mass is 313 g/mol. The zero-order chi connectivity index (χ0) is 15.6. The maximum atomic E-state index is 6.09. The van der Waals surface area contributed by atoms with Crippen LogP contribution in [0.5, 0.6) is 5.75 Å². The van der Waals surface area contributed by atoms with Crippen molar-refractivity contribution in [3.05, 3.63) is 42.5 Å². The first-order valence-corrected chi connectivity index (χ1v) is 8.27.